The Morgan fingerprint density at radius 3 is 2.70 bits per heavy atom. The molecule has 104 valence electrons. The van der Waals surface area contributed by atoms with Gasteiger partial charge in [0.05, 0.1) is 12.1 Å². The smallest absolute Gasteiger partial charge is 0.120 e. The van der Waals surface area contributed by atoms with Crippen LogP contribution >= 0.6 is 27.5 Å². The van der Waals surface area contributed by atoms with Crippen molar-refractivity contribution in [1.82, 2.24) is 0 Å². The first-order chi connectivity index (χ1) is 9.63. The zero-order chi connectivity index (χ0) is 14.1. The van der Waals surface area contributed by atoms with E-state index in [1.807, 2.05) is 42.5 Å². The molecule has 1 fully saturated rings. The van der Waals surface area contributed by atoms with Crippen LogP contribution < -0.4 is 10.5 Å². The molecule has 2 nitrogen and oxygen atoms in total. The lowest BCUT2D eigenvalue weighted by Crippen LogP contribution is -2.12. The van der Waals surface area contributed by atoms with Gasteiger partial charge in [0.2, 0.25) is 0 Å². The summed E-state index contributed by atoms with van der Waals surface area (Å²) in [5.41, 5.74) is 8.40. The van der Waals surface area contributed by atoms with Gasteiger partial charge >= 0.3 is 0 Å². The Bertz CT molecular complexity index is 628. The largest absolute Gasteiger partial charge is 0.490 e. The van der Waals surface area contributed by atoms with E-state index in [0.29, 0.717) is 11.1 Å². The first-order valence-electron chi connectivity index (χ1n) is 6.60. The molecule has 4 heteroatoms. The molecule has 0 aromatic heterocycles. The molecular weight excluding hydrogens is 338 g/mol. The van der Waals surface area contributed by atoms with E-state index < -0.39 is 0 Å². The van der Waals surface area contributed by atoms with Gasteiger partial charge in [0.1, 0.15) is 5.75 Å². The van der Waals surface area contributed by atoms with E-state index in [1.54, 1.807) is 0 Å². The van der Waals surface area contributed by atoms with E-state index in [1.165, 1.54) is 0 Å². The predicted octanol–water partition coefficient (Wildman–Crippen LogP) is 4.69. The van der Waals surface area contributed by atoms with Gasteiger partial charge in [-0.25, -0.2) is 0 Å². The predicted molar refractivity (Wildman–Crippen MR) is 85.3 cm³/mol. The highest BCUT2D eigenvalue weighted by Gasteiger charge is 2.23. The normalized spacial score (nSPS) is 15.9. The van der Waals surface area contributed by atoms with E-state index in [9.17, 15) is 0 Å². The van der Waals surface area contributed by atoms with E-state index in [2.05, 4.69) is 15.9 Å². The third kappa shape index (κ3) is 3.17. The summed E-state index contributed by atoms with van der Waals surface area (Å²) >= 11 is 9.48. The molecule has 0 amide bonds. The summed E-state index contributed by atoms with van der Waals surface area (Å²) in [6.07, 6.45) is 2.70. The van der Waals surface area contributed by atoms with Gasteiger partial charge in [-0.1, -0.05) is 45.7 Å². The average molecular weight is 353 g/mol. The number of hydrogen-bond acceptors (Lipinski definition) is 2. The van der Waals surface area contributed by atoms with Crippen molar-refractivity contribution in [1.29, 1.82) is 0 Å². The summed E-state index contributed by atoms with van der Waals surface area (Å²) in [5, 5.41) is 0.693. The van der Waals surface area contributed by atoms with Crippen LogP contribution in [0, 0.1) is 0 Å². The Balaban J connectivity index is 1.86. The first kappa shape index (κ1) is 13.9. The molecule has 20 heavy (non-hydrogen) atoms. The summed E-state index contributed by atoms with van der Waals surface area (Å²) < 4.78 is 6.74. The fraction of sp³-hybridized carbons (Fsp3) is 0.250. The molecule has 2 aromatic rings. The second-order valence-electron chi connectivity index (χ2n) is 5.03. The summed E-state index contributed by atoms with van der Waals surface area (Å²) in [4.78, 5) is 0. The standard InChI is InChI=1S/C16H15BrClNO/c17-15-9-11(18)4-7-14(15)16(19)10-2-1-3-13(8-10)20-12-5-6-12/h1-4,7-9,12,16H,5-6,19H2. The van der Waals surface area contributed by atoms with Crippen LogP contribution in [-0.2, 0) is 0 Å². The second-order valence-corrected chi connectivity index (χ2v) is 6.32. The van der Waals surface area contributed by atoms with Gasteiger partial charge in [0, 0.05) is 9.50 Å². The monoisotopic (exact) mass is 351 g/mol. The topological polar surface area (TPSA) is 35.2 Å². The SMILES string of the molecule is NC(c1cccc(OC2CC2)c1)c1ccc(Cl)cc1Br. The summed E-state index contributed by atoms with van der Waals surface area (Å²) in [6.45, 7) is 0. The lowest BCUT2D eigenvalue weighted by Gasteiger charge is -2.16. The van der Waals surface area contributed by atoms with Crippen molar-refractivity contribution in [3.05, 3.63) is 63.1 Å². The molecule has 2 N–H and O–H groups in total. The molecule has 0 aliphatic heterocycles. The van der Waals surface area contributed by atoms with Gasteiger partial charge in [-0.3, -0.25) is 0 Å². The molecule has 1 aliphatic rings. The van der Waals surface area contributed by atoms with Crippen molar-refractivity contribution >= 4 is 27.5 Å². The van der Waals surface area contributed by atoms with Crippen LogP contribution in [0.3, 0.4) is 0 Å². The number of ether oxygens (including phenoxy) is 1. The van der Waals surface area contributed by atoms with Crippen molar-refractivity contribution in [2.75, 3.05) is 0 Å². The molecule has 0 heterocycles. The number of nitrogens with two attached hydrogens (primary N) is 1. The Labute approximate surface area is 132 Å². The van der Waals surface area contributed by atoms with Gasteiger partial charge in [-0.05, 0) is 48.2 Å². The average Bonchev–Trinajstić information content (AvgIpc) is 3.22. The van der Waals surface area contributed by atoms with Crippen molar-refractivity contribution in [3.63, 3.8) is 0 Å². The minimum absolute atomic E-state index is 0.204. The van der Waals surface area contributed by atoms with Gasteiger partial charge < -0.3 is 10.5 Å². The fourth-order valence-electron chi connectivity index (χ4n) is 2.09. The third-order valence-electron chi connectivity index (χ3n) is 3.34. The first-order valence-corrected chi connectivity index (χ1v) is 7.78. The van der Waals surface area contributed by atoms with Crippen LogP contribution in [0.1, 0.15) is 30.0 Å². The van der Waals surface area contributed by atoms with Crippen LogP contribution in [0.25, 0.3) is 0 Å². The maximum atomic E-state index is 6.35. The van der Waals surface area contributed by atoms with Gasteiger partial charge in [-0.15, -0.1) is 0 Å². The Morgan fingerprint density at radius 2 is 2.00 bits per heavy atom. The molecule has 0 spiro atoms. The van der Waals surface area contributed by atoms with Crippen LogP contribution in [-0.4, -0.2) is 6.10 Å². The minimum Gasteiger partial charge on any atom is -0.490 e. The molecule has 1 saturated carbocycles. The Morgan fingerprint density at radius 1 is 1.20 bits per heavy atom. The Kier molecular flexibility index (Phi) is 4.01. The summed E-state index contributed by atoms with van der Waals surface area (Å²) in [6, 6.07) is 13.5. The lowest BCUT2D eigenvalue weighted by molar-refractivity contribution is 0.303. The molecule has 1 atom stereocenters. The van der Waals surface area contributed by atoms with Crippen molar-refractivity contribution < 1.29 is 4.74 Å². The fourth-order valence-corrected chi connectivity index (χ4v) is 3.02. The lowest BCUT2D eigenvalue weighted by atomic mass is 9.99. The minimum atomic E-state index is -0.204. The molecule has 0 bridgehead atoms. The van der Waals surface area contributed by atoms with Crippen LogP contribution in [0.15, 0.2) is 46.9 Å². The maximum Gasteiger partial charge on any atom is 0.120 e. The molecule has 3 rings (SSSR count). The van der Waals surface area contributed by atoms with Crippen LogP contribution in [0.2, 0.25) is 5.02 Å². The molecule has 0 radical (unpaired) electrons. The quantitative estimate of drug-likeness (QED) is 0.866. The molecule has 2 aromatic carbocycles. The van der Waals surface area contributed by atoms with Gasteiger partial charge in [0.25, 0.3) is 0 Å². The third-order valence-corrected chi connectivity index (χ3v) is 4.26. The molecular formula is C16H15BrClNO. The van der Waals surface area contributed by atoms with E-state index in [-0.39, 0.29) is 6.04 Å². The highest BCUT2D eigenvalue weighted by Crippen LogP contribution is 2.32. The highest BCUT2D eigenvalue weighted by molar-refractivity contribution is 9.10. The number of benzene rings is 2. The number of rotatable bonds is 4. The molecule has 0 saturated heterocycles. The van der Waals surface area contributed by atoms with Gasteiger partial charge in [-0.2, -0.15) is 0 Å². The highest BCUT2D eigenvalue weighted by atomic mass is 79.9. The van der Waals surface area contributed by atoms with Crippen molar-refractivity contribution in [3.8, 4) is 5.75 Å². The second kappa shape index (κ2) is 5.76. The van der Waals surface area contributed by atoms with Gasteiger partial charge in [0.15, 0.2) is 0 Å². The van der Waals surface area contributed by atoms with E-state index in [0.717, 1.165) is 34.2 Å². The zero-order valence-electron chi connectivity index (χ0n) is 10.9. The zero-order valence-corrected chi connectivity index (χ0v) is 13.2. The maximum absolute atomic E-state index is 6.35. The van der Waals surface area contributed by atoms with Crippen LogP contribution in [0.4, 0.5) is 0 Å². The van der Waals surface area contributed by atoms with E-state index >= 15 is 0 Å². The Hall–Kier alpha value is -1.03. The summed E-state index contributed by atoms with van der Waals surface area (Å²) in [7, 11) is 0. The number of halogens is 2. The van der Waals surface area contributed by atoms with Crippen molar-refractivity contribution in [2.24, 2.45) is 5.73 Å². The van der Waals surface area contributed by atoms with E-state index in [4.69, 9.17) is 22.1 Å². The van der Waals surface area contributed by atoms with Crippen molar-refractivity contribution in [2.45, 2.75) is 25.0 Å². The van der Waals surface area contributed by atoms with Crippen LogP contribution in [0.5, 0.6) is 5.75 Å². The molecule has 1 unspecified atom stereocenters. The number of hydrogen-bond donors (Lipinski definition) is 1. The molecule has 1 aliphatic carbocycles. The summed E-state index contributed by atoms with van der Waals surface area (Å²) in [5.74, 6) is 0.894.